The molecule has 1 N–H and O–H groups in total. The van der Waals surface area contributed by atoms with Crippen LogP contribution in [0, 0.1) is 0 Å². The van der Waals surface area contributed by atoms with Crippen LogP contribution in [0.3, 0.4) is 0 Å². The van der Waals surface area contributed by atoms with Crippen molar-refractivity contribution in [1.82, 2.24) is 24.5 Å². The molecular formula is C14H17N5. The molecule has 0 atom stereocenters. The maximum atomic E-state index is 4.20. The number of hydrogen-bond donors (Lipinski definition) is 1. The van der Waals surface area contributed by atoms with Crippen LogP contribution >= 0.6 is 0 Å². The highest BCUT2D eigenvalue weighted by Crippen LogP contribution is 2.04. The molecule has 3 rings (SSSR count). The Kier molecular flexibility index (Phi) is 3.29. The molecule has 0 aliphatic rings. The van der Waals surface area contributed by atoms with Gasteiger partial charge < -0.3 is 9.88 Å². The molecule has 19 heavy (non-hydrogen) atoms. The summed E-state index contributed by atoms with van der Waals surface area (Å²) in [5.41, 5.74) is 2.17. The third-order valence-electron chi connectivity index (χ3n) is 3.24. The Balaban J connectivity index is 1.67. The van der Waals surface area contributed by atoms with E-state index in [9.17, 15) is 0 Å². The molecule has 5 heteroatoms. The highest BCUT2D eigenvalue weighted by atomic mass is 15.3. The fourth-order valence-electron chi connectivity index (χ4n) is 2.23. The Labute approximate surface area is 111 Å². The zero-order valence-corrected chi connectivity index (χ0v) is 11.0. The van der Waals surface area contributed by atoms with Crippen molar-refractivity contribution in [2.45, 2.75) is 26.6 Å². The van der Waals surface area contributed by atoms with Crippen LogP contribution in [0.4, 0.5) is 0 Å². The van der Waals surface area contributed by atoms with E-state index in [-0.39, 0.29) is 0 Å². The number of rotatable bonds is 5. The Morgan fingerprint density at radius 3 is 2.89 bits per heavy atom. The van der Waals surface area contributed by atoms with E-state index < -0.39 is 0 Å². The van der Waals surface area contributed by atoms with Gasteiger partial charge in [-0.3, -0.25) is 4.40 Å². The molecule has 98 valence electrons. The van der Waals surface area contributed by atoms with Gasteiger partial charge in [-0.2, -0.15) is 0 Å². The van der Waals surface area contributed by atoms with Crippen molar-refractivity contribution in [2.24, 2.45) is 0 Å². The van der Waals surface area contributed by atoms with E-state index in [1.807, 2.05) is 28.8 Å². The van der Waals surface area contributed by atoms with Crippen molar-refractivity contribution < 1.29 is 0 Å². The molecule has 0 radical (unpaired) electrons. The Morgan fingerprint density at radius 2 is 2.00 bits per heavy atom. The lowest BCUT2D eigenvalue weighted by molar-refractivity contribution is 0.611. The van der Waals surface area contributed by atoms with Crippen LogP contribution < -0.4 is 5.32 Å². The summed E-state index contributed by atoms with van der Waals surface area (Å²) in [4.78, 5) is 0. The summed E-state index contributed by atoms with van der Waals surface area (Å²) >= 11 is 0. The zero-order chi connectivity index (χ0) is 13.1. The molecule has 0 saturated heterocycles. The first-order valence-corrected chi connectivity index (χ1v) is 6.52. The summed E-state index contributed by atoms with van der Waals surface area (Å²) in [6, 6.07) is 10.1. The summed E-state index contributed by atoms with van der Waals surface area (Å²) in [5, 5.41) is 11.7. The summed E-state index contributed by atoms with van der Waals surface area (Å²) in [6.45, 7) is 4.69. The largest absolute Gasteiger partial charge is 0.351 e. The standard InChI is InChI=1S/C14H17N5/c1-2-18-8-5-6-12(18)10-15-11-14-17-16-13-7-3-4-9-19(13)14/h3-9,15H,2,10-11H2,1H3. The number of nitrogens with zero attached hydrogens (tertiary/aromatic N) is 4. The number of hydrogen-bond acceptors (Lipinski definition) is 3. The van der Waals surface area contributed by atoms with Crippen LogP contribution in [0.15, 0.2) is 42.7 Å². The molecule has 0 saturated carbocycles. The quantitative estimate of drug-likeness (QED) is 0.756. The fraction of sp³-hybridized carbons (Fsp3) is 0.286. The topological polar surface area (TPSA) is 47.2 Å². The van der Waals surface area contributed by atoms with E-state index in [2.05, 4.69) is 45.3 Å². The minimum absolute atomic E-state index is 0.708. The molecule has 0 unspecified atom stereocenters. The molecule has 0 amide bonds. The lowest BCUT2D eigenvalue weighted by Crippen LogP contribution is -2.17. The van der Waals surface area contributed by atoms with E-state index in [1.54, 1.807) is 0 Å². The number of pyridine rings is 1. The van der Waals surface area contributed by atoms with Crippen LogP contribution in [-0.2, 0) is 19.6 Å². The first-order chi connectivity index (χ1) is 9.38. The number of aromatic nitrogens is 4. The average Bonchev–Trinajstić information content (AvgIpc) is 3.06. The van der Waals surface area contributed by atoms with Crippen LogP contribution in [0.1, 0.15) is 18.4 Å². The smallest absolute Gasteiger partial charge is 0.160 e. The molecule has 3 aromatic heterocycles. The SMILES string of the molecule is CCn1cccc1CNCc1nnc2ccccn12. The molecule has 0 fully saturated rings. The van der Waals surface area contributed by atoms with Gasteiger partial charge in [0.2, 0.25) is 0 Å². The molecule has 3 heterocycles. The fourth-order valence-corrected chi connectivity index (χ4v) is 2.23. The normalized spacial score (nSPS) is 11.2. The highest BCUT2D eigenvalue weighted by molar-refractivity contribution is 5.36. The maximum absolute atomic E-state index is 4.20. The van der Waals surface area contributed by atoms with Crippen molar-refractivity contribution in [3.05, 3.63) is 54.2 Å². The highest BCUT2D eigenvalue weighted by Gasteiger charge is 2.04. The Morgan fingerprint density at radius 1 is 1.05 bits per heavy atom. The predicted molar refractivity (Wildman–Crippen MR) is 73.6 cm³/mol. The lowest BCUT2D eigenvalue weighted by atomic mass is 10.4. The summed E-state index contributed by atoms with van der Waals surface area (Å²) in [7, 11) is 0. The number of nitrogens with one attached hydrogen (secondary N) is 1. The second kappa shape index (κ2) is 5.24. The van der Waals surface area contributed by atoms with Gasteiger partial charge in [-0.1, -0.05) is 6.07 Å². The van der Waals surface area contributed by atoms with E-state index in [0.29, 0.717) is 6.54 Å². The lowest BCUT2D eigenvalue weighted by Gasteiger charge is -2.07. The molecule has 0 aliphatic heterocycles. The first kappa shape index (κ1) is 11.9. The minimum Gasteiger partial charge on any atom is -0.351 e. The molecule has 0 bridgehead atoms. The minimum atomic E-state index is 0.708. The van der Waals surface area contributed by atoms with Crippen molar-refractivity contribution >= 4 is 5.65 Å². The Bertz CT molecular complexity index is 667. The van der Waals surface area contributed by atoms with Gasteiger partial charge in [0.05, 0.1) is 6.54 Å². The molecule has 3 aromatic rings. The third kappa shape index (κ3) is 2.37. The van der Waals surface area contributed by atoms with Crippen molar-refractivity contribution in [3.63, 3.8) is 0 Å². The van der Waals surface area contributed by atoms with Gasteiger partial charge in [-0.15, -0.1) is 10.2 Å². The van der Waals surface area contributed by atoms with Crippen molar-refractivity contribution in [2.75, 3.05) is 0 Å². The van der Waals surface area contributed by atoms with Gasteiger partial charge in [-0.05, 0) is 31.2 Å². The van der Waals surface area contributed by atoms with Gasteiger partial charge >= 0.3 is 0 Å². The van der Waals surface area contributed by atoms with Crippen LogP contribution in [0.2, 0.25) is 0 Å². The van der Waals surface area contributed by atoms with Crippen LogP contribution in [-0.4, -0.2) is 19.2 Å². The average molecular weight is 255 g/mol. The Hall–Kier alpha value is -2.14. The van der Waals surface area contributed by atoms with Gasteiger partial charge in [0.25, 0.3) is 0 Å². The summed E-state index contributed by atoms with van der Waals surface area (Å²) in [6.07, 6.45) is 4.09. The monoisotopic (exact) mass is 255 g/mol. The van der Waals surface area contributed by atoms with Crippen LogP contribution in [0.25, 0.3) is 5.65 Å². The number of aryl methyl sites for hydroxylation is 1. The third-order valence-corrected chi connectivity index (χ3v) is 3.24. The first-order valence-electron chi connectivity index (χ1n) is 6.52. The van der Waals surface area contributed by atoms with Gasteiger partial charge in [0, 0.05) is 31.2 Å². The van der Waals surface area contributed by atoms with Gasteiger partial charge in [0.15, 0.2) is 11.5 Å². The van der Waals surface area contributed by atoms with Crippen LogP contribution in [0.5, 0.6) is 0 Å². The van der Waals surface area contributed by atoms with E-state index >= 15 is 0 Å². The molecule has 5 nitrogen and oxygen atoms in total. The zero-order valence-electron chi connectivity index (χ0n) is 11.0. The maximum Gasteiger partial charge on any atom is 0.160 e. The summed E-state index contributed by atoms with van der Waals surface area (Å²) in [5.74, 6) is 0.935. The van der Waals surface area contributed by atoms with E-state index in [4.69, 9.17) is 0 Å². The second-order valence-electron chi connectivity index (χ2n) is 4.43. The van der Waals surface area contributed by atoms with Crippen molar-refractivity contribution in [3.8, 4) is 0 Å². The summed E-state index contributed by atoms with van der Waals surface area (Å²) < 4.78 is 4.24. The van der Waals surface area contributed by atoms with E-state index in [1.165, 1.54) is 5.69 Å². The second-order valence-corrected chi connectivity index (χ2v) is 4.43. The predicted octanol–water partition coefficient (Wildman–Crippen LogP) is 1.84. The molecular weight excluding hydrogens is 238 g/mol. The van der Waals surface area contributed by atoms with Gasteiger partial charge in [-0.25, -0.2) is 0 Å². The van der Waals surface area contributed by atoms with Crippen molar-refractivity contribution in [1.29, 1.82) is 0 Å². The molecule has 0 aliphatic carbocycles. The molecule has 0 spiro atoms. The number of fused-ring (bicyclic) bond motifs is 1. The van der Waals surface area contributed by atoms with E-state index in [0.717, 1.165) is 24.6 Å². The molecule has 0 aromatic carbocycles. The van der Waals surface area contributed by atoms with Gasteiger partial charge in [0.1, 0.15) is 0 Å².